The number of rotatable bonds is 5. The van der Waals surface area contributed by atoms with E-state index in [1.54, 1.807) is 17.0 Å². The van der Waals surface area contributed by atoms with Crippen LogP contribution in [0.2, 0.25) is 0 Å². The van der Waals surface area contributed by atoms with Crippen molar-refractivity contribution in [3.05, 3.63) is 42.7 Å². The van der Waals surface area contributed by atoms with Crippen LogP contribution in [0, 0.1) is 0 Å². The lowest BCUT2D eigenvalue weighted by molar-refractivity contribution is -0.705. The minimum Gasteiger partial charge on any atom is -0.543 e. The Morgan fingerprint density at radius 2 is 2.12 bits per heavy atom. The van der Waals surface area contributed by atoms with E-state index in [1.807, 2.05) is 12.1 Å². The molecule has 1 heterocycles. The highest BCUT2D eigenvalue weighted by Gasteiger charge is 2.15. The zero-order chi connectivity index (χ0) is 12.1. The Morgan fingerprint density at radius 3 is 2.50 bits per heavy atom. The predicted octanol–water partition coefficient (Wildman–Crippen LogP) is 0.965. The Kier molecular flexibility index (Phi) is 4.23. The molecule has 1 rings (SSSR count). The van der Waals surface area contributed by atoms with Gasteiger partial charge in [0.05, 0.1) is 0 Å². The van der Waals surface area contributed by atoms with E-state index < -0.39 is 12.0 Å². The van der Waals surface area contributed by atoms with Crippen molar-refractivity contribution >= 4 is 5.97 Å². The van der Waals surface area contributed by atoms with Crippen molar-refractivity contribution in [1.82, 2.24) is 0 Å². The van der Waals surface area contributed by atoms with E-state index in [4.69, 9.17) is 0 Å². The minimum atomic E-state index is -1.14. The lowest BCUT2D eigenvalue weighted by atomic mass is 10.00. The van der Waals surface area contributed by atoms with Gasteiger partial charge in [-0.3, -0.25) is 0 Å². The zero-order valence-electron chi connectivity index (χ0n) is 9.72. The van der Waals surface area contributed by atoms with E-state index in [0.717, 1.165) is 6.42 Å². The Bertz CT molecular complexity index is 370. The number of carbonyl (C=O) groups excluding carboxylic acids is 1. The molecule has 0 spiro atoms. The number of aliphatic carboxylic acids is 1. The molecule has 0 aliphatic rings. The van der Waals surface area contributed by atoms with E-state index in [0.29, 0.717) is 5.92 Å². The van der Waals surface area contributed by atoms with Crippen molar-refractivity contribution in [3.8, 4) is 0 Å². The first-order valence-electron chi connectivity index (χ1n) is 5.44. The summed E-state index contributed by atoms with van der Waals surface area (Å²) in [6.45, 7) is 7.76. The fraction of sp³-hybridized carbons (Fsp3) is 0.385. The summed E-state index contributed by atoms with van der Waals surface area (Å²) in [6.07, 6.45) is 5.93. The van der Waals surface area contributed by atoms with Crippen LogP contribution in [0.4, 0.5) is 0 Å². The van der Waals surface area contributed by atoms with E-state index in [2.05, 4.69) is 20.4 Å². The fourth-order valence-electron chi connectivity index (χ4n) is 1.54. The van der Waals surface area contributed by atoms with E-state index in [9.17, 15) is 9.90 Å². The Labute approximate surface area is 96.0 Å². The van der Waals surface area contributed by atoms with Crippen LogP contribution in [0.5, 0.6) is 0 Å². The first kappa shape index (κ1) is 12.4. The van der Waals surface area contributed by atoms with Gasteiger partial charge in [0.15, 0.2) is 12.4 Å². The number of carboxylic acid groups (broad SMARTS) is 1. The summed E-state index contributed by atoms with van der Waals surface area (Å²) in [7, 11) is 0. The van der Waals surface area contributed by atoms with Crippen molar-refractivity contribution in [1.29, 1.82) is 0 Å². The summed E-state index contributed by atoms with van der Waals surface area (Å²) in [5.41, 5.74) is 1.21. The Morgan fingerprint density at radius 1 is 1.56 bits per heavy atom. The maximum Gasteiger partial charge on any atom is 0.215 e. The molecule has 3 heteroatoms. The van der Waals surface area contributed by atoms with Crippen molar-refractivity contribution in [2.24, 2.45) is 0 Å². The largest absolute Gasteiger partial charge is 0.543 e. The normalized spacial score (nSPS) is 14.1. The molecule has 2 atom stereocenters. The molecule has 0 aliphatic heterocycles. The minimum absolute atomic E-state index is 0.486. The molecule has 3 nitrogen and oxygen atoms in total. The van der Waals surface area contributed by atoms with Crippen molar-refractivity contribution in [2.75, 3.05) is 0 Å². The lowest BCUT2D eigenvalue weighted by Crippen LogP contribution is -2.47. The first-order chi connectivity index (χ1) is 7.60. The van der Waals surface area contributed by atoms with Gasteiger partial charge in [0.25, 0.3) is 0 Å². The van der Waals surface area contributed by atoms with Gasteiger partial charge in [-0.15, -0.1) is 0 Å². The number of pyridine rings is 1. The van der Waals surface area contributed by atoms with Gasteiger partial charge in [0, 0.05) is 12.1 Å². The molecule has 0 aliphatic carbocycles. The highest BCUT2D eigenvalue weighted by Crippen LogP contribution is 2.16. The molecule has 0 radical (unpaired) electrons. The topological polar surface area (TPSA) is 44.0 Å². The molecule has 2 unspecified atom stereocenters. The third kappa shape index (κ3) is 2.69. The second-order valence-corrected chi connectivity index (χ2v) is 3.89. The van der Waals surface area contributed by atoms with Gasteiger partial charge in [-0.1, -0.05) is 20.4 Å². The summed E-state index contributed by atoms with van der Waals surface area (Å²) in [5, 5.41) is 10.8. The van der Waals surface area contributed by atoms with Gasteiger partial charge < -0.3 is 9.90 Å². The maximum absolute atomic E-state index is 10.8. The summed E-state index contributed by atoms with van der Waals surface area (Å²) in [6, 6.07) is 3.08. The van der Waals surface area contributed by atoms with Crippen LogP contribution in [0.25, 0.3) is 0 Å². The molecule has 16 heavy (non-hydrogen) atoms. The van der Waals surface area contributed by atoms with Crippen molar-refractivity contribution in [2.45, 2.75) is 32.2 Å². The summed E-state index contributed by atoms with van der Waals surface area (Å²) in [5.74, 6) is -0.656. The maximum atomic E-state index is 10.8. The summed E-state index contributed by atoms with van der Waals surface area (Å²) >= 11 is 0. The average Bonchev–Trinajstić information content (AvgIpc) is 2.29. The quantitative estimate of drug-likeness (QED) is 0.547. The molecule has 1 aromatic heterocycles. The number of hydrogen-bond donors (Lipinski definition) is 0. The molecule has 0 saturated heterocycles. The van der Waals surface area contributed by atoms with Crippen LogP contribution < -0.4 is 9.67 Å². The number of carbonyl (C=O) groups is 1. The highest BCUT2D eigenvalue weighted by molar-refractivity contribution is 5.69. The van der Waals surface area contributed by atoms with Gasteiger partial charge >= 0.3 is 0 Å². The van der Waals surface area contributed by atoms with Gasteiger partial charge in [-0.2, -0.15) is 4.57 Å². The standard InChI is InChI=1S/C13H17NO2/c1-4-10(3)11-6-8-14(9-7-11)12(5-2)13(15)16/h5-10,12H,2,4H2,1,3H3. The van der Waals surface area contributed by atoms with Gasteiger partial charge in [0.1, 0.15) is 5.97 Å². The summed E-state index contributed by atoms with van der Waals surface area (Å²) in [4.78, 5) is 10.8. The average molecular weight is 219 g/mol. The number of hydrogen-bond acceptors (Lipinski definition) is 2. The van der Waals surface area contributed by atoms with Crippen LogP contribution >= 0.6 is 0 Å². The lowest BCUT2D eigenvalue weighted by Gasteiger charge is -2.11. The molecule has 1 aromatic rings. The number of nitrogens with zero attached hydrogens (tertiary/aromatic N) is 1. The first-order valence-corrected chi connectivity index (χ1v) is 5.44. The predicted molar refractivity (Wildman–Crippen MR) is 59.6 cm³/mol. The SMILES string of the molecule is C=CC(C(=O)[O-])[n+]1ccc(C(C)CC)cc1. The van der Waals surface area contributed by atoms with E-state index in [-0.39, 0.29) is 0 Å². The number of aromatic nitrogens is 1. The molecule has 0 N–H and O–H groups in total. The van der Waals surface area contributed by atoms with Gasteiger partial charge in [-0.05, 0) is 24.0 Å². The highest BCUT2D eigenvalue weighted by atomic mass is 16.4. The molecule has 86 valence electrons. The van der Waals surface area contributed by atoms with Crippen molar-refractivity contribution in [3.63, 3.8) is 0 Å². The second kappa shape index (κ2) is 5.45. The third-order valence-corrected chi connectivity index (χ3v) is 2.85. The zero-order valence-corrected chi connectivity index (χ0v) is 9.72. The fourth-order valence-corrected chi connectivity index (χ4v) is 1.54. The monoisotopic (exact) mass is 219 g/mol. The van der Waals surface area contributed by atoms with Gasteiger partial charge in [0.2, 0.25) is 6.04 Å². The molecule has 0 aromatic carbocycles. The Hall–Kier alpha value is -1.64. The van der Waals surface area contributed by atoms with E-state index >= 15 is 0 Å². The van der Waals surface area contributed by atoms with Crippen LogP contribution in [-0.2, 0) is 4.79 Å². The molecule has 0 fully saturated rings. The van der Waals surface area contributed by atoms with E-state index in [1.165, 1.54) is 11.6 Å². The van der Waals surface area contributed by atoms with Crippen LogP contribution in [0.3, 0.4) is 0 Å². The molecular formula is C13H17NO2. The van der Waals surface area contributed by atoms with Gasteiger partial charge in [-0.25, -0.2) is 0 Å². The third-order valence-electron chi connectivity index (χ3n) is 2.85. The van der Waals surface area contributed by atoms with Crippen LogP contribution in [0.1, 0.15) is 37.8 Å². The summed E-state index contributed by atoms with van der Waals surface area (Å²) < 4.78 is 1.58. The Balaban J connectivity index is 2.93. The van der Waals surface area contributed by atoms with Crippen molar-refractivity contribution < 1.29 is 14.5 Å². The molecular weight excluding hydrogens is 202 g/mol. The molecule has 0 bridgehead atoms. The smallest absolute Gasteiger partial charge is 0.215 e. The molecule has 0 saturated carbocycles. The number of carboxylic acids is 1. The van der Waals surface area contributed by atoms with Crippen LogP contribution in [-0.4, -0.2) is 5.97 Å². The molecule has 0 amide bonds. The second-order valence-electron chi connectivity index (χ2n) is 3.89. The van der Waals surface area contributed by atoms with Crippen LogP contribution in [0.15, 0.2) is 37.2 Å².